The Kier molecular flexibility index (Phi) is 9.08. The molecule has 5 aromatic rings. The predicted octanol–water partition coefficient (Wildman–Crippen LogP) is 8.32. The van der Waals surface area contributed by atoms with Crippen molar-refractivity contribution in [3.05, 3.63) is 149 Å². The number of anilines is 4. The second kappa shape index (κ2) is 13.5. The molecule has 0 atom stereocenters. The van der Waals surface area contributed by atoms with Gasteiger partial charge in [0, 0.05) is 29.0 Å². The summed E-state index contributed by atoms with van der Waals surface area (Å²) >= 11 is 3.51. The standard InChI is InChI=1S/C34H28BrN3O3/c35-30-23-25(15-20-32(30)41-22-21-24-9-3-1-4-10-24)33(39)38-31-14-8-7-13-29(31)34(40)37-28-18-16-27(17-19-28)36-26-11-5-2-6-12-26/h1-20,23,36H,21-22H2,(H,37,40)(H,38,39). The summed E-state index contributed by atoms with van der Waals surface area (Å²) in [5, 5.41) is 9.09. The molecule has 0 aliphatic heterocycles. The molecule has 0 aromatic heterocycles. The highest BCUT2D eigenvalue weighted by atomic mass is 79.9. The largest absolute Gasteiger partial charge is 0.492 e. The number of halogens is 1. The van der Waals surface area contributed by atoms with Crippen LogP contribution in [0, 0.1) is 0 Å². The molecule has 3 N–H and O–H groups in total. The lowest BCUT2D eigenvalue weighted by Crippen LogP contribution is -2.18. The Bertz CT molecular complexity index is 1630. The summed E-state index contributed by atoms with van der Waals surface area (Å²) in [6, 6.07) is 39.5. The number of para-hydroxylation sites is 2. The van der Waals surface area contributed by atoms with Crippen molar-refractivity contribution in [1.82, 2.24) is 0 Å². The van der Waals surface area contributed by atoms with Gasteiger partial charge in [-0.25, -0.2) is 0 Å². The van der Waals surface area contributed by atoms with Gasteiger partial charge >= 0.3 is 0 Å². The second-order valence-corrected chi connectivity index (χ2v) is 10.1. The van der Waals surface area contributed by atoms with E-state index in [1.165, 1.54) is 5.56 Å². The molecule has 0 saturated carbocycles. The lowest BCUT2D eigenvalue weighted by Gasteiger charge is -2.13. The van der Waals surface area contributed by atoms with E-state index in [1.807, 2.05) is 72.8 Å². The molecule has 0 bridgehead atoms. The number of benzene rings is 5. The Morgan fingerprint density at radius 3 is 2.00 bits per heavy atom. The number of ether oxygens (including phenoxy) is 1. The number of carbonyl (C=O) groups is 2. The predicted molar refractivity (Wildman–Crippen MR) is 168 cm³/mol. The minimum Gasteiger partial charge on any atom is -0.492 e. The van der Waals surface area contributed by atoms with Crippen molar-refractivity contribution in [2.24, 2.45) is 0 Å². The average molecular weight is 607 g/mol. The molecular weight excluding hydrogens is 578 g/mol. The van der Waals surface area contributed by atoms with Crippen LogP contribution in [-0.4, -0.2) is 18.4 Å². The first kappa shape index (κ1) is 27.7. The molecule has 0 aliphatic carbocycles. The van der Waals surface area contributed by atoms with Gasteiger partial charge in [0.15, 0.2) is 0 Å². The molecule has 6 nitrogen and oxygen atoms in total. The van der Waals surface area contributed by atoms with Crippen LogP contribution >= 0.6 is 15.9 Å². The number of nitrogens with one attached hydrogen (secondary N) is 3. The smallest absolute Gasteiger partial charge is 0.257 e. The highest BCUT2D eigenvalue weighted by Crippen LogP contribution is 2.27. The normalized spacial score (nSPS) is 10.5. The fourth-order valence-corrected chi connectivity index (χ4v) is 4.68. The third-order valence-corrected chi connectivity index (χ3v) is 6.93. The van der Waals surface area contributed by atoms with Crippen molar-refractivity contribution in [2.75, 3.05) is 22.6 Å². The number of carbonyl (C=O) groups excluding carboxylic acids is 2. The van der Waals surface area contributed by atoms with E-state index < -0.39 is 0 Å². The van der Waals surface area contributed by atoms with Gasteiger partial charge in [0.1, 0.15) is 5.75 Å². The van der Waals surface area contributed by atoms with Crippen molar-refractivity contribution in [2.45, 2.75) is 6.42 Å². The second-order valence-electron chi connectivity index (χ2n) is 9.25. The first-order valence-corrected chi connectivity index (χ1v) is 13.9. The Hall–Kier alpha value is -4.88. The summed E-state index contributed by atoms with van der Waals surface area (Å²) in [6.45, 7) is 0.517. The van der Waals surface area contributed by atoms with E-state index in [2.05, 4.69) is 44.0 Å². The van der Waals surface area contributed by atoms with Crippen LogP contribution in [0.25, 0.3) is 0 Å². The molecule has 0 fully saturated rings. The molecule has 0 aliphatic rings. The molecule has 0 radical (unpaired) electrons. The van der Waals surface area contributed by atoms with Gasteiger partial charge < -0.3 is 20.7 Å². The fraction of sp³-hybridized carbons (Fsp3) is 0.0588. The molecule has 41 heavy (non-hydrogen) atoms. The van der Waals surface area contributed by atoms with E-state index in [-0.39, 0.29) is 11.8 Å². The molecule has 0 saturated heterocycles. The van der Waals surface area contributed by atoms with Crippen molar-refractivity contribution in [3.8, 4) is 5.75 Å². The van der Waals surface area contributed by atoms with E-state index in [9.17, 15) is 9.59 Å². The molecule has 0 spiro atoms. The van der Waals surface area contributed by atoms with Crippen molar-refractivity contribution < 1.29 is 14.3 Å². The highest BCUT2D eigenvalue weighted by molar-refractivity contribution is 9.10. The van der Waals surface area contributed by atoms with Crippen LogP contribution in [0.15, 0.2) is 132 Å². The third-order valence-electron chi connectivity index (χ3n) is 6.31. The Labute approximate surface area is 247 Å². The lowest BCUT2D eigenvalue weighted by atomic mass is 10.1. The topological polar surface area (TPSA) is 79.5 Å². The first-order valence-electron chi connectivity index (χ1n) is 13.2. The van der Waals surface area contributed by atoms with Gasteiger partial charge in [-0.3, -0.25) is 9.59 Å². The molecule has 7 heteroatoms. The SMILES string of the molecule is O=C(Nc1ccccc1C(=O)Nc1ccc(Nc2ccccc2)cc1)c1ccc(OCCc2ccccc2)c(Br)c1. The van der Waals surface area contributed by atoms with E-state index in [0.29, 0.717) is 39.3 Å². The summed E-state index contributed by atoms with van der Waals surface area (Å²) in [5.41, 5.74) is 4.92. The van der Waals surface area contributed by atoms with Crippen LogP contribution in [0.3, 0.4) is 0 Å². The number of hydrogen-bond donors (Lipinski definition) is 3. The number of amides is 2. The van der Waals surface area contributed by atoms with E-state index in [1.54, 1.807) is 42.5 Å². The zero-order valence-electron chi connectivity index (χ0n) is 22.1. The zero-order chi connectivity index (χ0) is 28.4. The molecule has 5 aromatic carbocycles. The van der Waals surface area contributed by atoms with Crippen LogP contribution in [0.1, 0.15) is 26.3 Å². The number of hydrogen-bond acceptors (Lipinski definition) is 4. The van der Waals surface area contributed by atoms with Crippen LogP contribution in [0.4, 0.5) is 22.7 Å². The van der Waals surface area contributed by atoms with Gasteiger partial charge in [-0.05, 0) is 88.2 Å². The van der Waals surface area contributed by atoms with Crippen molar-refractivity contribution in [3.63, 3.8) is 0 Å². The molecule has 0 unspecified atom stereocenters. The maximum atomic E-state index is 13.1. The monoisotopic (exact) mass is 605 g/mol. The summed E-state index contributed by atoms with van der Waals surface area (Å²) in [6.07, 6.45) is 0.781. The maximum Gasteiger partial charge on any atom is 0.257 e. The van der Waals surface area contributed by atoms with Crippen LogP contribution in [0.2, 0.25) is 0 Å². The Balaban J connectivity index is 1.20. The molecule has 2 amide bonds. The van der Waals surface area contributed by atoms with Gasteiger partial charge in [0.05, 0.1) is 22.3 Å². The van der Waals surface area contributed by atoms with Gasteiger partial charge in [0.2, 0.25) is 0 Å². The minimum atomic E-state index is -0.335. The molecular formula is C34H28BrN3O3. The lowest BCUT2D eigenvalue weighted by molar-refractivity contribution is 0.102. The average Bonchev–Trinajstić information content (AvgIpc) is 3.00. The van der Waals surface area contributed by atoms with E-state index >= 15 is 0 Å². The van der Waals surface area contributed by atoms with Gasteiger partial charge in [0.25, 0.3) is 11.8 Å². The maximum absolute atomic E-state index is 13.1. The summed E-state index contributed by atoms with van der Waals surface area (Å²) in [7, 11) is 0. The van der Waals surface area contributed by atoms with Crippen LogP contribution in [-0.2, 0) is 6.42 Å². The van der Waals surface area contributed by atoms with Gasteiger partial charge in [-0.1, -0.05) is 60.7 Å². The van der Waals surface area contributed by atoms with Gasteiger partial charge in [-0.2, -0.15) is 0 Å². The highest BCUT2D eigenvalue weighted by Gasteiger charge is 2.16. The van der Waals surface area contributed by atoms with Crippen LogP contribution < -0.4 is 20.7 Å². The Morgan fingerprint density at radius 2 is 1.27 bits per heavy atom. The zero-order valence-corrected chi connectivity index (χ0v) is 23.7. The fourth-order valence-electron chi connectivity index (χ4n) is 4.19. The summed E-state index contributed by atoms with van der Waals surface area (Å²) in [4.78, 5) is 26.2. The van der Waals surface area contributed by atoms with E-state index in [4.69, 9.17) is 4.74 Å². The molecule has 0 heterocycles. The Morgan fingerprint density at radius 1 is 0.634 bits per heavy atom. The summed E-state index contributed by atoms with van der Waals surface area (Å²) < 4.78 is 6.58. The summed E-state index contributed by atoms with van der Waals surface area (Å²) in [5.74, 6) is -0.00613. The van der Waals surface area contributed by atoms with E-state index in [0.717, 1.165) is 17.8 Å². The quantitative estimate of drug-likeness (QED) is 0.149. The van der Waals surface area contributed by atoms with Gasteiger partial charge in [-0.15, -0.1) is 0 Å². The van der Waals surface area contributed by atoms with Crippen LogP contribution in [0.5, 0.6) is 5.75 Å². The third kappa shape index (κ3) is 7.62. The first-order chi connectivity index (χ1) is 20.0. The van der Waals surface area contributed by atoms with Crippen molar-refractivity contribution >= 4 is 50.5 Å². The van der Waals surface area contributed by atoms with Crippen molar-refractivity contribution in [1.29, 1.82) is 0 Å². The number of rotatable bonds is 10. The molecule has 5 rings (SSSR count). The minimum absolute atomic E-state index is 0.326. The molecule has 204 valence electrons.